The van der Waals surface area contributed by atoms with Crippen LogP contribution >= 0.6 is 11.8 Å². The van der Waals surface area contributed by atoms with Gasteiger partial charge in [-0.25, -0.2) is 0 Å². The van der Waals surface area contributed by atoms with Crippen molar-refractivity contribution in [3.8, 4) is 0 Å². The molecule has 0 atom stereocenters. The van der Waals surface area contributed by atoms with E-state index in [2.05, 4.69) is 20.8 Å². The maximum absolute atomic E-state index is 11.5. The molecule has 1 rings (SSSR count). The van der Waals surface area contributed by atoms with Gasteiger partial charge in [0.15, 0.2) is 0 Å². The number of carbonyl (C=O) groups is 1. The van der Waals surface area contributed by atoms with Crippen LogP contribution in [0.5, 0.6) is 0 Å². The molecule has 0 amide bonds. The summed E-state index contributed by atoms with van der Waals surface area (Å²) >= 11 is 1.26. The van der Waals surface area contributed by atoms with Gasteiger partial charge in [-0.1, -0.05) is 45.0 Å². The summed E-state index contributed by atoms with van der Waals surface area (Å²) in [5.41, 5.74) is 0.0624. The molecule has 0 spiro atoms. The largest absolute Gasteiger partial charge is 0.282 e. The molecule has 0 bridgehead atoms. The number of hydrogen-bond donors (Lipinski definition) is 0. The monoisotopic (exact) mass is 220 g/mol. The molecule has 0 N–H and O–H groups in total. The molecule has 80 valence electrons. The van der Waals surface area contributed by atoms with Crippen LogP contribution in [0.2, 0.25) is 0 Å². The average Bonchev–Trinajstić information content (AvgIpc) is 2.15. The maximum Gasteiger partial charge on any atom is 0.216 e. The summed E-state index contributed by atoms with van der Waals surface area (Å²) in [6, 6.07) is 9.69. The number of allylic oxidation sites excluding steroid dienone is 1. The van der Waals surface area contributed by atoms with E-state index in [-0.39, 0.29) is 10.5 Å². The standard InChI is InChI=1S/C13H16OS/c1-13(2,3)10-9-12(14)15-11-7-5-4-6-8-11/h4-10H,1-3H3/b10-9+. The first kappa shape index (κ1) is 12.1. The molecule has 1 aromatic rings. The van der Waals surface area contributed by atoms with Gasteiger partial charge in [0.25, 0.3) is 0 Å². The van der Waals surface area contributed by atoms with Crippen molar-refractivity contribution in [2.75, 3.05) is 0 Å². The normalized spacial score (nSPS) is 11.9. The van der Waals surface area contributed by atoms with Gasteiger partial charge < -0.3 is 0 Å². The SMILES string of the molecule is CC(C)(C)/C=C/C(=O)Sc1ccccc1. The van der Waals surface area contributed by atoms with Crippen molar-refractivity contribution >= 4 is 16.9 Å². The van der Waals surface area contributed by atoms with E-state index in [9.17, 15) is 4.79 Å². The number of thioether (sulfide) groups is 1. The van der Waals surface area contributed by atoms with Crippen molar-refractivity contribution in [1.29, 1.82) is 0 Å². The Morgan fingerprint density at radius 3 is 2.33 bits per heavy atom. The summed E-state index contributed by atoms with van der Waals surface area (Å²) in [6.45, 7) is 6.22. The van der Waals surface area contributed by atoms with Crippen molar-refractivity contribution in [1.82, 2.24) is 0 Å². The van der Waals surface area contributed by atoms with Gasteiger partial charge in [0.1, 0.15) is 0 Å². The van der Waals surface area contributed by atoms with Gasteiger partial charge in [0.05, 0.1) is 0 Å². The molecular weight excluding hydrogens is 204 g/mol. The van der Waals surface area contributed by atoms with E-state index in [4.69, 9.17) is 0 Å². The first-order chi connectivity index (χ1) is 6.97. The zero-order chi connectivity index (χ0) is 11.3. The zero-order valence-corrected chi connectivity index (χ0v) is 10.2. The minimum atomic E-state index is 0.0624. The van der Waals surface area contributed by atoms with Crippen LogP contribution in [0.4, 0.5) is 0 Å². The van der Waals surface area contributed by atoms with Crippen molar-refractivity contribution in [3.63, 3.8) is 0 Å². The minimum absolute atomic E-state index is 0.0624. The highest BCUT2D eigenvalue weighted by Crippen LogP contribution is 2.20. The fourth-order valence-electron chi connectivity index (χ4n) is 0.957. The Kier molecular flexibility index (Phi) is 4.15. The number of rotatable bonds is 2. The average molecular weight is 220 g/mol. The predicted molar refractivity (Wildman–Crippen MR) is 65.9 cm³/mol. The van der Waals surface area contributed by atoms with Crippen LogP contribution in [0.1, 0.15) is 20.8 Å². The highest BCUT2D eigenvalue weighted by atomic mass is 32.2. The lowest BCUT2D eigenvalue weighted by Crippen LogP contribution is -1.99. The van der Waals surface area contributed by atoms with Crippen molar-refractivity contribution in [2.24, 2.45) is 5.41 Å². The Labute approximate surface area is 95.6 Å². The second kappa shape index (κ2) is 5.17. The third-order valence-corrected chi connectivity index (χ3v) is 2.53. The zero-order valence-electron chi connectivity index (χ0n) is 9.36. The molecule has 0 unspecified atom stereocenters. The van der Waals surface area contributed by atoms with Crippen LogP contribution in [0.25, 0.3) is 0 Å². The first-order valence-corrected chi connectivity index (χ1v) is 5.75. The van der Waals surface area contributed by atoms with Gasteiger partial charge in [-0.15, -0.1) is 0 Å². The molecule has 1 nitrogen and oxygen atoms in total. The summed E-state index contributed by atoms with van der Waals surface area (Å²) in [6.07, 6.45) is 3.59. The fraction of sp³-hybridized carbons (Fsp3) is 0.308. The van der Waals surface area contributed by atoms with Crippen LogP contribution in [-0.4, -0.2) is 5.12 Å². The first-order valence-electron chi connectivity index (χ1n) is 4.93. The molecule has 0 aliphatic carbocycles. The Morgan fingerprint density at radius 1 is 1.20 bits per heavy atom. The predicted octanol–water partition coefficient (Wildman–Crippen LogP) is 3.91. The Balaban J connectivity index is 2.55. The maximum atomic E-state index is 11.5. The quantitative estimate of drug-likeness (QED) is 0.555. The molecule has 0 aliphatic rings. The molecule has 0 aliphatic heterocycles. The summed E-state index contributed by atoms with van der Waals surface area (Å²) in [5.74, 6) is 0. The van der Waals surface area contributed by atoms with Crippen LogP contribution in [-0.2, 0) is 4.79 Å². The van der Waals surface area contributed by atoms with E-state index >= 15 is 0 Å². The topological polar surface area (TPSA) is 17.1 Å². The summed E-state index contributed by atoms with van der Waals surface area (Å²) < 4.78 is 0. The Morgan fingerprint density at radius 2 is 1.80 bits per heavy atom. The van der Waals surface area contributed by atoms with Gasteiger partial charge in [-0.2, -0.15) is 0 Å². The molecular formula is C13H16OS. The molecule has 0 saturated carbocycles. The third-order valence-electron chi connectivity index (χ3n) is 1.68. The van der Waals surface area contributed by atoms with Gasteiger partial charge in [0.2, 0.25) is 5.12 Å². The molecule has 2 heteroatoms. The highest BCUT2D eigenvalue weighted by Gasteiger charge is 2.06. The molecule has 0 radical (unpaired) electrons. The van der Waals surface area contributed by atoms with E-state index < -0.39 is 0 Å². The smallest absolute Gasteiger partial charge is 0.216 e. The number of carbonyl (C=O) groups excluding carboxylic acids is 1. The summed E-state index contributed by atoms with van der Waals surface area (Å²) in [7, 11) is 0. The van der Waals surface area contributed by atoms with Gasteiger partial charge in [-0.05, 0) is 35.4 Å². The highest BCUT2D eigenvalue weighted by molar-refractivity contribution is 8.14. The van der Waals surface area contributed by atoms with Crippen LogP contribution in [0.15, 0.2) is 47.4 Å². The van der Waals surface area contributed by atoms with Crippen molar-refractivity contribution < 1.29 is 4.79 Å². The van der Waals surface area contributed by atoms with Crippen molar-refractivity contribution in [2.45, 2.75) is 25.7 Å². The molecule has 1 aromatic carbocycles. The second-order valence-electron chi connectivity index (χ2n) is 4.43. The fourth-order valence-corrected chi connectivity index (χ4v) is 1.62. The van der Waals surface area contributed by atoms with Crippen molar-refractivity contribution in [3.05, 3.63) is 42.5 Å². The van der Waals surface area contributed by atoms with E-state index in [1.165, 1.54) is 11.8 Å². The molecule has 0 saturated heterocycles. The third kappa shape index (κ3) is 5.43. The summed E-state index contributed by atoms with van der Waals surface area (Å²) in [4.78, 5) is 12.5. The lowest BCUT2D eigenvalue weighted by atomic mass is 9.97. The van der Waals surface area contributed by atoms with E-state index in [0.717, 1.165) is 4.90 Å². The van der Waals surface area contributed by atoms with Crippen LogP contribution < -0.4 is 0 Å². The van der Waals surface area contributed by atoms with Crippen LogP contribution in [0, 0.1) is 5.41 Å². The Bertz CT molecular complexity index is 347. The van der Waals surface area contributed by atoms with Gasteiger partial charge in [0, 0.05) is 4.90 Å². The lowest BCUT2D eigenvalue weighted by Gasteiger charge is -2.10. The minimum Gasteiger partial charge on any atom is -0.282 e. The Hall–Kier alpha value is -1.02. The van der Waals surface area contributed by atoms with E-state index in [0.29, 0.717) is 0 Å². The van der Waals surface area contributed by atoms with Crippen LogP contribution in [0.3, 0.4) is 0 Å². The lowest BCUT2D eigenvalue weighted by molar-refractivity contribution is -0.107. The molecule has 0 heterocycles. The molecule has 0 fully saturated rings. The molecule has 0 aromatic heterocycles. The number of hydrogen-bond acceptors (Lipinski definition) is 2. The van der Waals surface area contributed by atoms with Gasteiger partial charge >= 0.3 is 0 Å². The number of benzene rings is 1. The van der Waals surface area contributed by atoms with E-state index in [1.54, 1.807) is 6.08 Å². The second-order valence-corrected chi connectivity index (χ2v) is 5.51. The van der Waals surface area contributed by atoms with E-state index in [1.807, 2.05) is 36.4 Å². The van der Waals surface area contributed by atoms with Gasteiger partial charge in [-0.3, -0.25) is 4.79 Å². The summed E-state index contributed by atoms with van der Waals surface area (Å²) in [5, 5.41) is 0.0797. The molecule has 15 heavy (non-hydrogen) atoms.